The minimum atomic E-state index is -4.59. The number of aliphatic hydroxyl groups excluding tert-OH is 1. The highest BCUT2D eigenvalue weighted by molar-refractivity contribution is 7.45. The molecular formula is C56H111N2O6P. The summed E-state index contributed by atoms with van der Waals surface area (Å²) in [6.07, 6.45) is 59.6. The number of hydrogen-bond acceptors (Lipinski definition) is 6. The quantitative estimate of drug-likeness (QED) is 0.0272. The van der Waals surface area contributed by atoms with E-state index in [-0.39, 0.29) is 19.1 Å². The number of aliphatic hydroxyl groups is 1. The predicted molar refractivity (Wildman–Crippen MR) is 279 cm³/mol. The van der Waals surface area contributed by atoms with Gasteiger partial charge in [0.15, 0.2) is 0 Å². The first-order chi connectivity index (χ1) is 31.5. The summed E-state index contributed by atoms with van der Waals surface area (Å²) in [4.78, 5) is 25.5. The fourth-order valence-electron chi connectivity index (χ4n) is 8.44. The molecule has 0 saturated carbocycles. The minimum absolute atomic E-state index is 0.000242. The summed E-state index contributed by atoms with van der Waals surface area (Å²) in [6.45, 7) is 4.69. The molecule has 0 aliphatic heterocycles. The van der Waals surface area contributed by atoms with Gasteiger partial charge in [0.1, 0.15) is 13.2 Å². The Morgan fingerprint density at radius 2 is 0.846 bits per heavy atom. The van der Waals surface area contributed by atoms with E-state index in [0.29, 0.717) is 17.4 Å². The summed E-state index contributed by atoms with van der Waals surface area (Å²) in [6, 6.07) is -0.887. The lowest BCUT2D eigenvalue weighted by molar-refractivity contribution is -0.870. The van der Waals surface area contributed by atoms with Crippen LogP contribution in [0.1, 0.15) is 277 Å². The molecule has 1 amide bonds. The van der Waals surface area contributed by atoms with Crippen LogP contribution in [-0.4, -0.2) is 68.5 Å². The van der Waals surface area contributed by atoms with Crippen LogP contribution >= 0.6 is 7.82 Å². The Morgan fingerprint density at radius 1 is 0.523 bits per heavy atom. The fraction of sp³-hybridized carbons (Fsp3) is 0.911. The third-order valence-corrected chi connectivity index (χ3v) is 13.9. The zero-order chi connectivity index (χ0) is 47.8. The molecule has 2 N–H and O–H groups in total. The van der Waals surface area contributed by atoms with Gasteiger partial charge in [0.2, 0.25) is 5.91 Å². The zero-order valence-electron chi connectivity index (χ0n) is 44.0. The van der Waals surface area contributed by atoms with E-state index in [9.17, 15) is 19.4 Å². The van der Waals surface area contributed by atoms with Gasteiger partial charge < -0.3 is 28.8 Å². The molecule has 9 heteroatoms. The summed E-state index contributed by atoms with van der Waals surface area (Å²) in [5.74, 6) is -0.198. The Labute approximate surface area is 404 Å². The topological polar surface area (TPSA) is 108 Å². The number of nitrogens with zero attached hydrogens (tertiary/aromatic N) is 1. The Morgan fingerprint density at radius 3 is 1.20 bits per heavy atom. The molecule has 0 aromatic carbocycles. The number of phosphoric acid groups is 1. The van der Waals surface area contributed by atoms with Gasteiger partial charge in [-0.2, -0.15) is 0 Å². The lowest BCUT2D eigenvalue weighted by atomic mass is 10.0. The van der Waals surface area contributed by atoms with Gasteiger partial charge in [0.25, 0.3) is 7.82 Å². The van der Waals surface area contributed by atoms with Crippen molar-refractivity contribution in [3.05, 3.63) is 24.3 Å². The van der Waals surface area contributed by atoms with Crippen molar-refractivity contribution in [1.29, 1.82) is 0 Å². The number of nitrogens with one attached hydrogen (secondary N) is 1. The van der Waals surface area contributed by atoms with Crippen LogP contribution in [0.2, 0.25) is 0 Å². The number of quaternary nitrogens is 1. The highest BCUT2D eigenvalue weighted by Crippen LogP contribution is 2.38. The number of rotatable bonds is 52. The maximum atomic E-state index is 12.9. The van der Waals surface area contributed by atoms with Gasteiger partial charge in [-0.3, -0.25) is 9.36 Å². The van der Waals surface area contributed by atoms with Gasteiger partial charge in [0.05, 0.1) is 39.9 Å². The van der Waals surface area contributed by atoms with Crippen LogP contribution in [0.3, 0.4) is 0 Å². The average molecular weight is 939 g/mol. The zero-order valence-corrected chi connectivity index (χ0v) is 44.9. The summed E-state index contributed by atoms with van der Waals surface area (Å²) >= 11 is 0. The van der Waals surface area contributed by atoms with E-state index in [1.54, 1.807) is 6.08 Å². The monoisotopic (exact) mass is 939 g/mol. The van der Waals surface area contributed by atoms with Crippen molar-refractivity contribution in [2.45, 2.75) is 289 Å². The largest absolute Gasteiger partial charge is 0.756 e. The smallest absolute Gasteiger partial charge is 0.268 e. The van der Waals surface area contributed by atoms with Gasteiger partial charge in [-0.15, -0.1) is 0 Å². The van der Waals surface area contributed by atoms with Crippen LogP contribution in [-0.2, 0) is 18.4 Å². The van der Waals surface area contributed by atoms with Crippen LogP contribution in [0.15, 0.2) is 24.3 Å². The van der Waals surface area contributed by atoms with E-state index < -0.39 is 20.0 Å². The molecule has 0 fully saturated rings. The van der Waals surface area contributed by atoms with E-state index in [2.05, 4.69) is 31.3 Å². The Hall–Kier alpha value is -1.02. The third kappa shape index (κ3) is 50.7. The molecule has 0 heterocycles. The maximum Gasteiger partial charge on any atom is 0.268 e. The second-order valence-electron chi connectivity index (χ2n) is 20.6. The maximum absolute atomic E-state index is 12.9. The first kappa shape index (κ1) is 64.0. The average Bonchev–Trinajstić information content (AvgIpc) is 3.26. The molecule has 0 saturated heterocycles. The molecule has 3 unspecified atom stereocenters. The summed E-state index contributed by atoms with van der Waals surface area (Å²) < 4.78 is 23.3. The van der Waals surface area contributed by atoms with Crippen molar-refractivity contribution in [1.82, 2.24) is 5.32 Å². The Balaban J connectivity index is 4.24. The van der Waals surface area contributed by atoms with Crippen molar-refractivity contribution in [3.8, 4) is 0 Å². The summed E-state index contributed by atoms with van der Waals surface area (Å²) in [7, 11) is 1.27. The highest BCUT2D eigenvalue weighted by atomic mass is 31.2. The fourth-order valence-corrected chi connectivity index (χ4v) is 9.17. The van der Waals surface area contributed by atoms with E-state index in [1.807, 2.05) is 27.2 Å². The first-order valence-corrected chi connectivity index (χ1v) is 29.7. The van der Waals surface area contributed by atoms with Gasteiger partial charge in [-0.1, -0.05) is 250 Å². The number of carbonyl (C=O) groups excluding carboxylic acids is 1. The molecule has 65 heavy (non-hydrogen) atoms. The molecule has 8 nitrogen and oxygen atoms in total. The van der Waals surface area contributed by atoms with Gasteiger partial charge in [-0.05, 0) is 44.9 Å². The van der Waals surface area contributed by atoms with Crippen molar-refractivity contribution < 1.29 is 32.9 Å². The SMILES string of the molecule is CCCCCCCCCCCCC/C=C\CCCCCCCCCC(=O)NC(COP(=O)([O-])OCC[N+](C)(C)C)C(O)/C=C/CCCCCCCCCCCCCCCCCCCCC. The first-order valence-electron chi connectivity index (χ1n) is 28.2. The standard InChI is InChI=1S/C56H111N2O6P/c1-6-8-10-12-14-16-18-20-22-24-26-28-30-32-34-36-38-40-42-44-46-48-50-56(60)57-54(53-64-65(61,62)63-52-51-58(3,4)5)55(59)49-47-45-43-41-39-37-35-33-31-29-27-25-23-21-19-17-15-13-11-9-7-2/h30,32,47,49,54-55,59H,6-29,31,33-46,48,50-53H2,1-5H3,(H-,57,60,61,62)/b32-30-,49-47+. The predicted octanol–water partition coefficient (Wildman–Crippen LogP) is 16.2. The van der Waals surface area contributed by atoms with Crippen molar-refractivity contribution >= 4 is 13.7 Å². The second-order valence-corrected chi connectivity index (χ2v) is 22.1. The van der Waals surface area contributed by atoms with Crippen LogP contribution in [0.4, 0.5) is 0 Å². The summed E-state index contributed by atoms with van der Waals surface area (Å²) in [5, 5.41) is 13.9. The molecule has 0 rings (SSSR count). The van der Waals surface area contributed by atoms with E-state index in [0.717, 1.165) is 38.5 Å². The number of likely N-dealkylation sites (N-methyl/N-ethyl adjacent to an activating group) is 1. The molecule has 3 atom stereocenters. The van der Waals surface area contributed by atoms with Crippen LogP contribution in [0, 0.1) is 0 Å². The molecule has 0 bridgehead atoms. The number of phosphoric ester groups is 1. The Kier molecular flexibility index (Phi) is 47.3. The molecule has 0 aromatic heterocycles. The number of allylic oxidation sites excluding steroid dienone is 3. The minimum Gasteiger partial charge on any atom is -0.756 e. The molecule has 0 aliphatic rings. The van der Waals surface area contributed by atoms with Crippen molar-refractivity contribution in [2.24, 2.45) is 0 Å². The molecule has 0 spiro atoms. The second kappa shape index (κ2) is 48.0. The van der Waals surface area contributed by atoms with Crippen LogP contribution in [0.25, 0.3) is 0 Å². The Bertz CT molecular complexity index is 1110. The van der Waals surface area contributed by atoms with E-state index >= 15 is 0 Å². The lowest BCUT2D eigenvalue weighted by Gasteiger charge is -2.29. The van der Waals surface area contributed by atoms with Gasteiger partial charge >= 0.3 is 0 Å². The van der Waals surface area contributed by atoms with Gasteiger partial charge in [0, 0.05) is 6.42 Å². The van der Waals surface area contributed by atoms with E-state index in [1.165, 1.54) is 218 Å². The molecule has 386 valence electrons. The number of amides is 1. The third-order valence-electron chi connectivity index (χ3n) is 12.9. The van der Waals surface area contributed by atoms with E-state index in [4.69, 9.17) is 9.05 Å². The normalized spacial score (nSPS) is 14.1. The number of hydrogen-bond donors (Lipinski definition) is 2. The van der Waals surface area contributed by atoms with Crippen LogP contribution < -0.4 is 10.2 Å². The van der Waals surface area contributed by atoms with Gasteiger partial charge in [-0.25, -0.2) is 0 Å². The number of unbranched alkanes of at least 4 members (excludes halogenated alkanes) is 37. The summed E-state index contributed by atoms with van der Waals surface area (Å²) in [5.41, 5.74) is 0. The van der Waals surface area contributed by atoms with Crippen molar-refractivity contribution in [3.63, 3.8) is 0 Å². The molecule has 0 radical (unpaired) electrons. The van der Waals surface area contributed by atoms with Crippen LogP contribution in [0.5, 0.6) is 0 Å². The van der Waals surface area contributed by atoms with Crippen molar-refractivity contribution in [2.75, 3.05) is 40.9 Å². The molecule has 0 aliphatic carbocycles. The highest BCUT2D eigenvalue weighted by Gasteiger charge is 2.23. The molecule has 0 aromatic rings. The number of carbonyl (C=O) groups is 1. The molecular weight excluding hydrogens is 828 g/mol. The lowest BCUT2D eigenvalue weighted by Crippen LogP contribution is -2.45.